The molecule has 0 unspecified atom stereocenters. The van der Waals surface area contributed by atoms with E-state index in [9.17, 15) is 18.0 Å². The van der Waals surface area contributed by atoms with Gasteiger partial charge < -0.3 is 9.80 Å². The Balaban J connectivity index is 1.57. The molecule has 1 amide bonds. The molecule has 150 valence electrons. The minimum absolute atomic E-state index is 0.0466. The maximum Gasteiger partial charge on any atom is 0.416 e. The molecule has 3 nitrogen and oxygen atoms in total. The third kappa shape index (κ3) is 4.73. The summed E-state index contributed by atoms with van der Waals surface area (Å²) in [6.07, 6.45) is -4.30. The van der Waals surface area contributed by atoms with E-state index in [-0.39, 0.29) is 24.3 Å². The number of aryl methyl sites for hydroxylation is 1. The van der Waals surface area contributed by atoms with Crippen molar-refractivity contribution >= 4 is 34.8 Å². The Hall–Kier alpha value is -1.92. The molecule has 8 heteroatoms. The van der Waals surface area contributed by atoms with Crippen LogP contribution in [0.4, 0.5) is 18.9 Å². The second kappa shape index (κ2) is 8.62. The van der Waals surface area contributed by atoms with Crippen LogP contribution < -0.4 is 4.90 Å². The van der Waals surface area contributed by atoms with Crippen LogP contribution in [0.25, 0.3) is 0 Å². The van der Waals surface area contributed by atoms with E-state index >= 15 is 0 Å². The summed E-state index contributed by atoms with van der Waals surface area (Å²) in [5.74, 6) is -0.145. The van der Waals surface area contributed by atoms with Gasteiger partial charge in [0.15, 0.2) is 0 Å². The van der Waals surface area contributed by atoms with Crippen molar-refractivity contribution in [1.29, 1.82) is 0 Å². The lowest BCUT2D eigenvalue weighted by atomic mass is 10.0. The van der Waals surface area contributed by atoms with Crippen LogP contribution in [0.15, 0.2) is 42.5 Å². The molecule has 2 aromatic rings. The Kier molecular flexibility index (Phi) is 6.40. The predicted molar refractivity (Wildman–Crippen MR) is 105 cm³/mol. The molecule has 0 spiro atoms. The molecule has 2 aromatic carbocycles. The van der Waals surface area contributed by atoms with Gasteiger partial charge in [0.1, 0.15) is 0 Å². The molecule has 0 bridgehead atoms. The minimum atomic E-state index is -4.42. The van der Waals surface area contributed by atoms with Crippen molar-refractivity contribution in [1.82, 2.24) is 4.90 Å². The van der Waals surface area contributed by atoms with E-state index in [1.54, 1.807) is 17.0 Å². The summed E-state index contributed by atoms with van der Waals surface area (Å²) < 4.78 is 39.2. The number of hydrogen-bond donors (Lipinski definition) is 0. The largest absolute Gasteiger partial charge is 0.416 e. The quantitative estimate of drug-likeness (QED) is 0.657. The molecule has 1 fully saturated rings. The van der Waals surface area contributed by atoms with Crippen LogP contribution in [0.1, 0.15) is 17.5 Å². The third-order valence-corrected chi connectivity index (χ3v) is 5.64. The summed E-state index contributed by atoms with van der Waals surface area (Å²) >= 11 is 12.3. The number of benzene rings is 2. The number of rotatable bonds is 4. The van der Waals surface area contributed by atoms with Crippen LogP contribution in [0.2, 0.25) is 10.0 Å². The number of alkyl halides is 3. The fourth-order valence-electron chi connectivity index (χ4n) is 3.35. The SMILES string of the molecule is O=C(CCc1ccccc1C(F)(F)F)N1CCN(c2cccc(Cl)c2Cl)CC1. The van der Waals surface area contributed by atoms with Crippen molar-refractivity contribution in [3.63, 3.8) is 0 Å². The van der Waals surface area contributed by atoms with Crippen LogP contribution in [-0.2, 0) is 17.4 Å². The molecule has 0 radical (unpaired) electrons. The monoisotopic (exact) mass is 430 g/mol. The summed E-state index contributed by atoms with van der Waals surface area (Å²) in [7, 11) is 0. The number of piperazine rings is 1. The lowest BCUT2D eigenvalue weighted by molar-refractivity contribution is -0.138. The highest BCUT2D eigenvalue weighted by atomic mass is 35.5. The maximum atomic E-state index is 13.1. The molecule has 1 heterocycles. The van der Waals surface area contributed by atoms with Gasteiger partial charge in [0.05, 0.1) is 21.3 Å². The number of nitrogens with zero attached hydrogens (tertiary/aromatic N) is 2. The molecule has 3 rings (SSSR count). The molecule has 0 aromatic heterocycles. The standard InChI is InChI=1S/C20H19Cl2F3N2O/c21-16-6-3-7-17(19(16)22)26-10-12-27(13-11-26)18(28)9-8-14-4-1-2-5-15(14)20(23,24)25/h1-7H,8-13H2. The van der Waals surface area contributed by atoms with Gasteiger partial charge in [-0.1, -0.05) is 47.5 Å². The number of carbonyl (C=O) groups excluding carboxylic acids is 1. The lowest BCUT2D eigenvalue weighted by Gasteiger charge is -2.36. The number of carbonyl (C=O) groups is 1. The Labute approximate surface area is 171 Å². The van der Waals surface area contributed by atoms with Crippen molar-refractivity contribution in [3.8, 4) is 0 Å². The van der Waals surface area contributed by atoms with E-state index in [1.807, 2.05) is 12.1 Å². The van der Waals surface area contributed by atoms with E-state index in [0.717, 1.165) is 11.8 Å². The highest BCUT2D eigenvalue weighted by molar-refractivity contribution is 6.43. The van der Waals surface area contributed by atoms with Crippen molar-refractivity contribution in [2.24, 2.45) is 0 Å². The van der Waals surface area contributed by atoms with Crippen molar-refractivity contribution in [2.75, 3.05) is 31.1 Å². The lowest BCUT2D eigenvalue weighted by Crippen LogP contribution is -2.49. The number of amides is 1. The van der Waals surface area contributed by atoms with Gasteiger partial charge in [0.2, 0.25) is 5.91 Å². The first-order valence-corrected chi connectivity index (χ1v) is 9.65. The number of halogens is 5. The Morgan fingerprint density at radius 1 is 0.964 bits per heavy atom. The molecule has 0 aliphatic carbocycles. The minimum Gasteiger partial charge on any atom is -0.367 e. The second-order valence-electron chi connectivity index (χ2n) is 6.60. The first-order valence-electron chi connectivity index (χ1n) is 8.89. The Morgan fingerprint density at radius 2 is 1.64 bits per heavy atom. The number of anilines is 1. The van der Waals surface area contributed by atoms with E-state index < -0.39 is 11.7 Å². The predicted octanol–water partition coefficient (Wildman–Crippen LogP) is 5.29. The zero-order valence-electron chi connectivity index (χ0n) is 15.0. The van der Waals surface area contributed by atoms with Crippen LogP contribution in [0.3, 0.4) is 0 Å². The first kappa shape index (κ1) is 20.8. The Bertz CT molecular complexity index is 850. The van der Waals surface area contributed by atoms with Crippen molar-refractivity contribution in [3.05, 3.63) is 63.6 Å². The first-order chi connectivity index (χ1) is 13.3. The summed E-state index contributed by atoms with van der Waals surface area (Å²) in [5.41, 5.74) is 0.288. The highest BCUT2D eigenvalue weighted by Gasteiger charge is 2.33. The average molecular weight is 431 g/mol. The molecule has 1 saturated heterocycles. The summed E-state index contributed by atoms with van der Waals surface area (Å²) in [5, 5.41) is 0.953. The van der Waals surface area contributed by atoms with Crippen LogP contribution in [0, 0.1) is 0 Å². The van der Waals surface area contributed by atoms with Gasteiger partial charge in [-0.3, -0.25) is 4.79 Å². The summed E-state index contributed by atoms with van der Waals surface area (Å²) in [6.45, 7) is 2.15. The second-order valence-corrected chi connectivity index (χ2v) is 7.38. The highest BCUT2D eigenvalue weighted by Crippen LogP contribution is 2.34. The van der Waals surface area contributed by atoms with Gasteiger partial charge in [-0.2, -0.15) is 13.2 Å². The maximum absolute atomic E-state index is 13.1. The fourth-order valence-corrected chi connectivity index (χ4v) is 3.76. The fraction of sp³-hybridized carbons (Fsp3) is 0.350. The molecular formula is C20H19Cl2F3N2O. The van der Waals surface area contributed by atoms with Crippen molar-refractivity contribution < 1.29 is 18.0 Å². The molecule has 0 atom stereocenters. The van der Waals surface area contributed by atoms with Gasteiger partial charge >= 0.3 is 6.18 Å². The average Bonchev–Trinajstić information content (AvgIpc) is 2.68. The van der Waals surface area contributed by atoms with Gasteiger partial charge in [-0.25, -0.2) is 0 Å². The van der Waals surface area contributed by atoms with Gasteiger partial charge in [0, 0.05) is 32.6 Å². The normalized spacial score (nSPS) is 15.0. The smallest absolute Gasteiger partial charge is 0.367 e. The molecular weight excluding hydrogens is 412 g/mol. The number of hydrogen-bond acceptors (Lipinski definition) is 2. The van der Waals surface area contributed by atoms with E-state index in [0.29, 0.717) is 36.2 Å². The van der Waals surface area contributed by atoms with Crippen molar-refractivity contribution in [2.45, 2.75) is 19.0 Å². The molecule has 1 aliphatic rings. The van der Waals surface area contributed by atoms with Gasteiger partial charge in [-0.05, 0) is 30.2 Å². The molecule has 0 saturated carbocycles. The zero-order chi connectivity index (χ0) is 20.3. The Morgan fingerprint density at radius 3 is 2.32 bits per heavy atom. The van der Waals surface area contributed by atoms with E-state index in [2.05, 4.69) is 4.90 Å². The van der Waals surface area contributed by atoms with Gasteiger partial charge in [-0.15, -0.1) is 0 Å². The molecule has 1 aliphatic heterocycles. The molecule has 28 heavy (non-hydrogen) atoms. The van der Waals surface area contributed by atoms with Crippen LogP contribution >= 0.6 is 23.2 Å². The third-order valence-electron chi connectivity index (χ3n) is 4.84. The van der Waals surface area contributed by atoms with Gasteiger partial charge in [0.25, 0.3) is 0 Å². The summed E-state index contributed by atoms with van der Waals surface area (Å²) in [4.78, 5) is 16.2. The zero-order valence-corrected chi connectivity index (χ0v) is 16.5. The summed E-state index contributed by atoms with van der Waals surface area (Å²) in [6, 6.07) is 10.8. The van der Waals surface area contributed by atoms with Crippen LogP contribution in [-0.4, -0.2) is 37.0 Å². The van der Waals surface area contributed by atoms with E-state index in [4.69, 9.17) is 23.2 Å². The van der Waals surface area contributed by atoms with Crippen LogP contribution in [0.5, 0.6) is 0 Å². The van der Waals surface area contributed by atoms with E-state index in [1.165, 1.54) is 12.1 Å². The topological polar surface area (TPSA) is 23.6 Å². The molecule has 0 N–H and O–H groups in total.